The molecule has 20 N–H and O–H groups in total. The fourth-order valence-electron chi connectivity index (χ4n) is 8.21. The lowest BCUT2D eigenvalue weighted by Gasteiger charge is -2.28. The highest BCUT2D eigenvalue weighted by Gasteiger charge is 2.39. The van der Waals surface area contributed by atoms with Crippen LogP contribution in [0, 0.1) is 0 Å². The summed E-state index contributed by atoms with van der Waals surface area (Å²) in [5, 5.41) is 24.2. The molecule has 0 radical (unpaired) electrons. The highest BCUT2D eigenvalue weighted by Crippen LogP contribution is 2.20. The zero-order valence-corrected chi connectivity index (χ0v) is 47.1. The van der Waals surface area contributed by atoms with E-state index in [4.69, 9.17) is 28.7 Å². The minimum Gasteiger partial charge on any atom is -0.370 e. The monoisotopic (exact) mass is 1180 g/mol. The molecule has 3 aromatic rings. The van der Waals surface area contributed by atoms with Crippen LogP contribution in [0.25, 0.3) is 10.9 Å². The highest BCUT2D eigenvalue weighted by atomic mass is 32.1. The number of aliphatic imine (C=N–C) groups is 3. The van der Waals surface area contributed by atoms with Crippen molar-refractivity contribution in [2.75, 3.05) is 38.2 Å². The number of para-hydroxylation sites is 1. The van der Waals surface area contributed by atoms with E-state index in [-0.39, 0.29) is 80.7 Å². The van der Waals surface area contributed by atoms with Crippen molar-refractivity contribution in [3.63, 3.8) is 0 Å². The van der Waals surface area contributed by atoms with Gasteiger partial charge in [0.15, 0.2) is 11.9 Å². The Balaban J connectivity index is 1.56. The van der Waals surface area contributed by atoms with Gasteiger partial charge in [-0.3, -0.25) is 63.0 Å². The number of urea groups is 1. The topological polar surface area (TPSA) is 465 Å². The van der Waals surface area contributed by atoms with Crippen LogP contribution in [-0.2, 0) is 56.0 Å². The Morgan fingerprint density at radius 2 is 1.23 bits per heavy atom. The van der Waals surface area contributed by atoms with E-state index in [1.807, 2.05) is 18.2 Å². The molecule has 2 heterocycles. The van der Waals surface area contributed by atoms with Gasteiger partial charge < -0.3 is 81.5 Å². The van der Waals surface area contributed by atoms with E-state index in [9.17, 15) is 47.9 Å². The van der Waals surface area contributed by atoms with Gasteiger partial charge in [0, 0.05) is 73.7 Å². The number of hydrogen-bond acceptors (Lipinski definition) is 15. The van der Waals surface area contributed by atoms with E-state index >= 15 is 0 Å². The molecule has 4 rings (SSSR count). The zero-order valence-electron chi connectivity index (χ0n) is 45.3. The summed E-state index contributed by atoms with van der Waals surface area (Å²) in [4.78, 5) is 151. The molecule has 1 fully saturated rings. The number of thiol groups is 2. The minimum absolute atomic E-state index is 0.0327. The summed E-state index contributed by atoms with van der Waals surface area (Å²) in [5.74, 6) is -8.39. The number of fused-ring (bicyclic) bond motifs is 1. The van der Waals surface area contributed by atoms with E-state index in [1.165, 1.54) is 20.3 Å². The van der Waals surface area contributed by atoms with Gasteiger partial charge in [-0.05, 0) is 49.8 Å². The second kappa shape index (κ2) is 33.0. The van der Waals surface area contributed by atoms with Crippen LogP contribution in [0.3, 0.4) is 0 Å². The van der Waals surface area contributed by atoms with Gasteiger partial charge in [-0.1, -0.05) is 55.1 Å². The SMILES string of the molecule is C=C(C[C@H](NC(=O)[C@@H](C)NC(=O)[C@H](CS)NC(=O)CN1C(=O)N[C@@H](CCCN=C(N)N)C1=O)C(=O)N[C@H](Cc1ccccc1)C(=O)N[C@@H](CCCN=C(N)N)C(=O)N[C@@H](Cc1c[nH]c2ccccc12)C(=O)N[C@@H](CS)C(N)=O)NC=NC. The molecule has 0 bridgehead atoms. The Morgan fingerprint density at radius 1 is 0.683 bits per heavy atom. The van der Waals surface area contributed by atoms with Crippen molar-refractivity contribution in [3.8, 4) is 0 Å². The van der Waals surface area contributed by atoms with Crippen molar-refractivity contribution < 1.29 is 47.9 Å². The molecule has 0 saturated carbocycles. The molecule has 1 aromatic heterocycles. The maximum absolute atomic E-state index is 14.7. The Labute approximate surface area is 483 Å². The molecule has 1 saturated heterocycles. The predicted molar refractivity (Wildman–Crippen MR) is 313 cm³/mol. The largest absolute Gasteiger partial charge is 0.370 e. The normalized spacial score (nSPS) is 15.5. The Morgan fingerprint density at radius 3 is 1.85 bits per heavy atom. The molecule has 8 atom stereocenters. The molecule has 29 nitrogen and oxygen atoms in total. The van der Waals surface area contributed by atoms with Crippen LogP contribution in [0.1, 0.15) is 50.2 Å². The number of benzene rings is 2. The first-order valence-corrected chi connectivity index (χ1v) is 27.1. The summed E-state index contributed by atoms with van der Waals surface area (Å²) in [5.41, 5.74) is 29.5. The van der Waals surface area contributed by atoms with Crippen molar-refractivity contribution >= 4 is 114 Å². The second-order valence-corrected chi connectivity index (χ2v) is 19.6. The maximum atomic E-state index is 14.7. The molecule has 31 heteroatoms. The Hall–Kier alpha value is -8.87. The summed E-state index contributed by atoms with van der Waals surface area (Å²) in [6.07, 6.45) is 3.03. The summed E-state index contributed by atoms with van der Waals surface area (Å²) < 4.78 is 0. The number of rotatable bonds is 34. The maximum Gasteiger partial charge on any atom is 0.325 e. The van der Waals surface area contributed by atoms with Gasteiger partial charge in [0.1, 0.15) is 54.9 Å². The highest BCUT2D eigenvalue weighted by molar-refractivity contribution is 7.80. The average molecular weight is 1180 g/mol. The van der Waals surface area contributed by atoms with Crippen molar-refractivity contribution in [2.24, 2.45) is 43.6 Å². The predicted octanol–water partition coefficient (Wildman–Crippen LogP) is -4.11. The lowest BCUT2D eigenvalue weighted by Crippen LogP contribution is -2.60. The number of nitrogens with zero attached hydrogens (tertiary/aromatic N) is 4. The molecule has 444 valence electrons. The van der Waals surface area contributed by atoms with Crippen LogP contribution in [0.15, 0.2) is 88.0 Å². The van der Waals surface area contributed by atoms with Gasteiger partial charge in [-0.25, -0.2) is 4.79 Å². The first-order valence-electron chi connectivity index (χ1n) is 25.8. The molecule has 0 unspecified atom stereocenters. The van der Waals surface area contributed by atoms with Crippen molar-refractivity contribution in [1.82, 2.24) is 57.7 Å². The molecule has 0 spiro atoms. The first-order chi connectivity index (χ1) is 39.0. The number of nitrogens with two attached hydrogens (primary N) is 5. The van der Waals surface area contributed by atoms with Crippen LogP contribution in [0.4, 0.5) is 4.79 Å². The summed E-state index contributed by atoms with van der Waals surface area (Å²) >= 11 is 8.32. The van der Waals surface area contributed by atoms with Crippen LogP contribution >= 0.6 is 25.3 Å². The van der Waals surface area contributed by atoms with Crippen molar-refractivity contribution in [3.05, 3.63) is 84.2 Å². The van der Waals surface area contributed by atoms with E-state index < -0.39 is 114 Å². The smallest absolute Gasteiger partial charge is 0.325 e. The molecular weight excluding hydrogens is 1100 g/mol. The van der Waals surface area contributed by atoms with Crippen molar-refractivity contribution in [2.45, 2.75) is 100 Å². The lowest BCUT2D eigenvalue weighted by atomic mass is 10.0. The van der Waals surface area contributed by atoms with E-state index in [2.05, 4.69) is 99.6 Å². The Bertz CT molecular complexity index is 2860. The number of nitrogens with one attached hydrogen (secondary N) is 10. The third-order valence-electron chi connectivity index (χ3n) is 12.5. The fourth-order valence-corrected chi connectivity index (χ4v) is 8.74. The number of aromatic nitrogens is 1. The van der Waals surface area contributed by atoms with Crippen LogP contribution in [0.5, 0.6) is 0 Å². The number of aromatic amines is 1. The molecule has 0 aliphatic carbocycles. The zero-order chi connectivity index (χ0) is 60.5. The lowest BCUT2D eigenvalue weighted by molar-refractivity contribution is -0.135. The standard InChI is InChI=1S/C51H73N19O10S2/c1-27(61-26-57-3)19-35(65-42(73)28(2)62-47(78)39(25-82)63-40(71)23-70-48(79)34(69-51(70)80)16-10-18-59-50(55)56)44(75)66-36(20-29-11-5-4-6-12-29)45(76)64-33(15-9-17-58-49(53)54)43(74)67-37(46(77)68-38(24-81)41(52)72)21-30-22-60-32-14-8-7-13-31(30)32/h4-8,11-14,22,26,28,33-39,60,81-82H,1,9-10,15-21,23-25H2,2-3H3,(H2,52,72)(H,57,61)(H,62,78)(H,63,71)(H,64,76)(H,65,73)(H,66,75)(H,67,74)(H,68,77)(H,69,80)(H4,53,54,58)(H4,55,56,59)/t28-,33+,34+,35+,36-,37+,38+,39+/m1/s1. The number of hydrogen-bond donors (Lipinski definition) is 17. The molecule has 2 aromatic carbocycles. The number of imide groups is 1. The van der Waals surface area contributed by atoms with E-state index in [1.54, 1.807) is 42.6 Å². The van der Waals surface area contributed by atoms with Gasteiger partial charge in [-0.15, -0.1) is 0 Å². The van der Waals surface area contributed by atoms with Crippen molar-refractivity contribution in [1.29, 1.82) is 0 Å². The number of carbonyl (C=O) groups excluding carboxylic acids is 10. The summed E-state index contributed by atoms with van der Waals surface area (Å²) in [7, 11) is 1.47. The van der Waals surface area contributed by atoms with Crippen LogP contribution in [0.2, 0.25) is 0 Å². The van der Waals surface area contributed by atoms with E-state index in [0.717, 1.165) is 10.9 Å². The quantitative estimate of drug-likeness (QED) is 0.00889. The molecule has 82 heavy (non-hydrogen) atoms. The molecule has 1 aliphatic heterocycles. The van der Waals surface area contributed by atoms with Gasteiger partial charge in [0.2, 0.25) is 47.3 Å². The van der Waals surface area contributed by atoms with Gasteiger partial charge in [0.05, 0.1) is 6.34 Å². The third-order valence-corrected chi connectivity index (χ3v) is 13.2. The molecular formula is C51H73N19O10S2. The number of primary amides is 1. The molecule has 1 aliphatic rings. The van der Waals surface area contributed by atoms with E-state index in [0.29, 0.717) is 22.4 Å². The van der Waals surface area contributed by atoms with Gasteiger partial charge in [0.25, 0.3) is 5.91 Å². The average Bonchev–Trinajstić information content (AvgIpc) is 4.06. The fraction of sp³-hybridized carbons (Fsp3) is 0.431. The minimum atomic E-state index is -1.49. The second-order valence-electron chi connectivity index (χ2n) is 18.8. The number of amides is 11. The van der Waals surface area contributed by atoms with Gasteiger partial charge >= 0.3 is 6.03 Å². The number of H-pyrrole nitrogens is 1. The summed E-state index contributed by atoms with van der Waals surface area (Å²) in [6.45, 7) is 4.72. The number of carbonyl (C=O) groups is 10. The Kier molecular flexibility index (Phi) is 26.4. The first kappa shape index (κ1) is 65.6. The van der Waals surface area contributed by atoms with Gasteiger partial charge in [-0.2, -0.15) is 25.3 Å². The third kappa shape index (κ3) is 21.0. The summed E-state index contributed by atoms with van der Waals surface area (Å²) in [6, 6.07) is 4.42. The molecule has 11 amide bonds. The van der Waals surface area contributed by atoms with Crippen LogP contribution in [-0.4, -0.2) is 174 Å². The van der Waals surface area contributed by atoms with Crippen LogP contribution < -0.4 is 76.5 Å². The number of guanidine groups is 2.